The molecule has 0 radical (unpaired) electrons. The molecule has 9 heteroatoms. The number of rotatable bonds is 6. The van der Waals surface area contributed by atoms with Crippen molar-refractivity contribution in [1.82, 2.24) is 20.0 Å². The average molecular weight is 405 g/mol. The minimum absolute atomic E-state index is 0.0540. The lowest BCUT2D eigenvalue weighted by atomic mass is 10.1. The third-order valence-electron chi connectivity index (χ3n) is 4.71. The summed E-state index contributed by atoms with van der Waals surface area (Å²) in [6, 6.07) is 7.85. The smallest absolute Gasteiger partial charge is 0.277 e. The number of likely N-dealkylation sites (N-methyl/N-ethyl adjacent to an activating group) is 1. The second-order valence-corrected chi connectivity index (χ2v) is 8.05. The van der Waals surface area contributed by atoms with E-state index in [0.717, 1.165) is 24.2 Å². The van der Waals surface area contributed by atoms with E-state index >= 15 is 0 Å². The number of hydrogen-bond donors (Lipinski definition) is 1. The first-order valence-corrected chi connectivity index (χ1v) is 10.3. The molecule has 1 saturated heterocycles. The molecule has 8 nitrogen and oxygen atoms in total. The van der Waals surface area contributed by atoms with E-state index in [9.17, 15) is 9.59 Å². The van der Waals surface area contributed by atoms with Crippen molar-refractivity contribution in [3.05, 3.63) is 29.8 Å². The van der Waals surface area contributed by atoms with Crippen molar-refractivity contribution >= 4 is 23.6 Å². The van der Waals surface area contributed by atoms with Crippen LogP contribution in [0.3, 0.4) is 0 Å². The number of nitrogens with zero attached hydrogens (tertiary/aromatic N) is 4. The number of carbonyl (C=O) groups excluding carboxylic acids is 2. The van der Waals surface area contributed by atoms with Gasteiger partial charge in [0.1, 0.15) is 0 Å². The zero-order valence-corrected chi connectivity index (χ0v) is 17.3. The summed E-state index contributed by atoms with van der Waals surface area (Å²) in [4.78, 5) is 28.9. The molecule has 0 bridgehead atoms. The summed E-state index contributed by atoms with van der Waals surface area (Å²) in [6.45, 7) is 5.38. The second-order valence-electron chi connectivity index (χ2n) is 7.13. The van der Waals surface area contributed by atoms with E-state index in [4.69, 9.17) is 4.42 Å². The second kappa shape index (κ2) is 9.20. The number of aryl methyl sites for hydroxylation is 1. The molecule has 3 rings (SSSR count). The normalized spacial score (nSPS) is 14.9. The van der Waals surface area contributed by atoms with Crippen LogP contribution in [0.5, 0.6) is 0 Å². The molecule has 1 aliphatic heterocycles. The van der Waals surface area contributed by atoms with Crippen molar-refractivity contribution < 1.29 is 18.9 Å². The summed E-state index contributed by atoms with van der Waals surface area (Å²) in [6.07, 6.45) is 0. The Hall–Kier alpha value is -2.39. The van der Waals surface area contributed by atoms with Crippen molar-refractivity contribution in [2.24, 2.45) is 0 Å². The molecule has 0 unspecified atom stereocenters. The topological polar surface area (TPSA) is 84.0 Å². The number of nitrogens with one attached hydrogen (secondary N) is 1. The van der Waals surface area contributed by atoms with Gasteiger partial charge in [-0.3, -0.25) is 9.59 Å². The van der Waals surface area contributed by atoms with E-state index in [2.05, 4.69) is 10.2 Å². The first-order valence-electron chi connectivity index (χ1n) is 9.27. The highest BCUT2D eigenvalue weighted by molar-refractivity contribution is 7.99. The molecule has 2 aromatic rings. The molecule has 0 spiro atoms. The van der Waals surface area contributed by atoms with Crippen LogP contribution in [-0.4, -0.2) is 84.4 Å². The molecule has 1 aromatic carbocycles. The van der Waals surface area contributed by atoms with Crippen LogP contribution in [0.25, 0.3) is 11.5 Å². The third-order valence-corrected chi connectivity index (χ3v) is 5.52. The Morgan fingerprint density at radius 1 is 1.25 bits per heavy atom. The lowest BCUT2D eigenvalue weighted by molar-refractivity contribution is -0.896. The van der Waals surface area contributed by atoms with Gasteiger partial charge in [0.05, 0.1) is 31.9 Å². The fraction of sp³-hybridized carbons (Fsp3) is 0.474. The zero-order chi connectivity index (χ0) is 20.1. The summed E-state index contributed by atoms with van der Waals surface area (Å²) < 4.78 is 5.67. The van der Waals surface area contributed by atoms with E-state index in [-0.39, 0.29) is 17.6 Å². The SMILES string of the molecule is Cc1cccc(-c2nnc(SCC(=O)N3CC[NH+](CC(=O)N(C)C)CC3)o2)c1. The van der Waals surface area contributed by atoms with Crippen LogP contribution < -0.4 is 4.90 Å². The molecule has 1 fully saturated rings. The Labute approximate surface area is 168 Å². The monoisotopic (exact) mass is 404 g/mol. The van der Waals surface area contributed by atoms with Crippen LogP contribution in [0.1, 0.15) is 5.56 Å². The molecule has 1 aliphatic rings. The number of benzene rings is 1. The highest BCUT2D eigenvalue weighted by atomic mass is 32.2. The molecular weight excluding hydrogens is 378 g/mol. The van der Waals surface area contributed by atoms with Gasteiger partial charge in [0.2, 0.25) is 11.8 Å². The molecule has 0 atom stereocenters. The summed E-state index contributed by atoms with van der Waals surface area (Å²) in [5, 5.41) is 8.49. The Bertz CT molecular complexity index is 830. The standard InChI is InChI=1S/C19H25N5O3S/c1-14-5-4-6-15(11-14)18-20-21-19(27-18)28-13-17(26)24-9-7-23(8-10-24)12-16(25)22(2)3/h4-6,11H,7-10,12-13H2,1-3H3/p+1. The molecule has 28 heavy (non-hydrogen) atoms. The van der Waals surface area contributed by atoms with Gasteiger partial charge in [0.25, 0.3) is 11.1 Å². The predicted octanol–water partition coefficient (Wildman–Crippen LogP) is -0.0476. The lowest BCUT2D eigenvalue weighted by Crippen LogP contribution is -3.15. The summed E-state index contributed by atoms with van der Waals surface area (Å²) in [5.74, 6) is 0.896. The van der Waals surface area contributed by atoms with Gasteiger partial charge in [-0.05, 0) is 19.1 Å². The number of carbonyl (C=O) groups is 2. The molecule has 1 aromatic heterocycles. The van der Waals surface area contributed by atoms with Gasteiger partial charge in [0.15, 0.2) is 6.54 Å². The Kier molecular flexibility index (Phi) is 6.69. The van der Waals surface area contributed by atoms with Crippen LogP contribution in [0.15, 0.2) is 33.9 Å². The molecule has 2 amide bonds. The van der Waals surface area contributed by atoms with Gasteiger partial charge >= 0.3 is 0 Å². The molecule has 150 valence electrons. The van der Waals surface area contributed by atoms with Crippen LogP contribution in [-0.2, 0) is 9.59 Å². The largest absolute Gasteiger partial charge is 0.411 e. The first kappa shape index (κ1) is 20.3. The Morgan fingerprint density at radius 2 is 2.00 bits per heavy atom. The van der Waals surface area contributed by atoms with Gasteiger partial charge in [0, 0.05) is 19.7 Å². The molecule has 0 aliphatic carbocycles. The highest BCUT2D eigenvalue weighted by Gasteiger charge is 2.26. The van der Waals surface area contributed by atoms with Crippen molar-refractivity contribution in [2.45, 2.75) is 12.1 Å². The fourth-order valence-electron chi connectivity index (χ4n) is 3.00. The minimum Gasteiger partial charge on any atom is -0.411 e. The summed E-state index contributed by atoms with van der Waals surface area (Å²) >= 11 is 1.26. The minimum atomic E-state index is 0.0540. The van der Waals surface area contributed by atoms with E-state index in [1.807, 2.05) is 36.1 Å². The maximum Gasteiger partial charge on any atom is 0.277 e. The molecule has 1 N–H and O–H groups in total. The zero-order valence-electron chi connectivity index (χ0n) is 16.5. The fourth-order valence-corrected chi connectivity index (χ4v) is 3.66. The van der Waals surface area contributed by atoms with Gasteiger partial charge in [-0.15, -0.1) is 10.2 Å². The third kappa shape index (κ3) is 5.32. The molecule has 0 saturated carbocycles. The van der Waals surface area contributed by atoms with Gasteiger partial charge < -0.3 is 19.1 Å². The van der Waals surface area contributed by atoms with E-state index in [1.165, 1.54) is 16.7 Å². The van der Waals surface area contributed by atoms with Crippen LogP contribution in [0.2, 0.25) is 0 Å². The van der Waals surface area contributed by atoms with Crippen LogP contribution in [0.4, 0.5) is 0 Å². The van der Waals surface area contributed by atoms with Crippen molar-refractivity contribution in [3.63, 3.8) is 0 Å². The number of thioether (sulfide) groups is 1. The van der Waals surface area contributed by atoms with Crippen LogP contribution >= 0.6 is 11.8 Å². The van der Waals surface area contributed by atoms with E-state index in [0.29, 0.717) is 30.7 Å². The quantitative estimate of drug-likeness (QED) is 0.680. The number of hydrogen-bond acceptors (Lipinski definition) is 6. The summed E-state index contributed by atoms with van der Waals surface area (Å²) in [5.41, 5.74) is 1.99. The predicted molar refractivity (Wildman–Crippen MR) is 106 cm³/mol. The Balaban J connectivity index is 1.46. The number of quaternary nitrogens is 1. The average Bonchev–Trinajstić information content (AvgIpc) is 3.15. The number of amides is 2. The van der Waals surface area contributed by atoms with Crippen molar-refractivity contribution in [1.29, 1.82) is 0 Å². The summed E-state index contributed by atoms with van der Waals surface area (Å²) in [7, 11) is 3.53. The number of piperazine rings is 1. The van der Waals surface area contributed by atoms with E-state index in [1.54, 1.807) is 19.0 Å². The van der Waals surface area contributed by atoms with Crippen LogP contribution in [0, 0.1) is 6.92 Å². The van der Waals surface area contributed by atoms with Crippen molar-refractivity contribution in [2.75, 3.05) is 52.6 Å². The van der Waals surface area contributed by atoms with Gasteiger partial charge in [-0.2, -0.15) is 0 Å². The van der Waals surface area contributed by atoms with Gasteiger partial charge in [-0.25, -0.2) is 0 Å². The van der Waals surface area contributed by atoms with Crippen molar-refractivity contribution in [3.8, 4) is 11.5 Å². The maximum absolute atomic E-state index is 12.5. The highest BCUT2D eigenvalue weighted by Crippen LogP contribution is 2.23. The number of aromatic nitrogens is 2. The molecule has 2 heterocycles. The van der Waals surface area contributed by atoms with Gasteiger partial charge in [-0.1, -0.05) is 29.5 Å². The first-order chi connectivity index (χ1) is 13.4. The Morgan fingerprint density at radius 3 is 2.68 bits per heavy atom. The lowest BCUT2D eigenvalue weighted by Gasteiger charge is -2.32. The van der Waals surface area contributed by atoms with E-state index < -0.39 is 0 Å². The molecular formula is C19H26N5O3S+. The maximum atomic E-state index is 12.5.